The summed E-state index contributed by atoms with van der Waals surface area (Å²) >= 11 is 0. The van der Waals surface area contributed by atoms with Crippen molar-refractivity contribution in [2.24, 2.45) is 0 Å². The van der Waals surface area contributed by atoms with Crippen LogP contribution in [0, 0.1) is 0 Å². The number of fused-ring (bicyclic) bond motifs is 1. The largest absolute Gasteiger partial charge is 0.492 e. The maximum atomic E-state index is 13.0. The third-order valence-corrected chi connectivity index (χ3v) is 4.49. The van der Waals surface area contributed by atoms with Crippen LogP contribution in [0.25, 0.3) is 0 Å². The monoisotopic (exact) mass is 387 g/mol. The minimum absolute atomic E-state index is 0.184. The highest BCUT2D eigenvalue weighted by atomic mass is 16.5. The van der Waals surface area contributed by atoms with Gasteiger partial charge in [0.05, 0.1) is 23.4 Å². The van der Waals surface area contributed by atoms with E-state index in [9.17, 15) is 14.4 Å². The van der Waals surface area contributed by atoms with Crippen LogP contribution in [-0.2, 0) is 0 Å². The number of benzene rings is 2. The van der Waals surface area contributed by atoms with E-state index in [1.54, 1.807) is 48.8 Å². The molecule has 144 valence electrons. The molecule has 0 aliphatic carbocycles. The number of anilines is 2. The maximum absolute atomic E-state index is 13.0. The Morgan fingerprint density at radius 2 is 1.72 bits per heavy atom. The van der Waals surface area contributed by atoms with Gasteiger partial charge < -0.3 is 10.1 Å². The molecule has 0 saturated carbocycles. The Morgan fingerprint density at radius 1 is 1.00 bits per heavy atom. The summed E-state index contributed by atoms with van der Waals surface area (Å²) in [7, 11) is 0. The Bertz CT molecular complexity index is 1110. The number of ether oxygens (including phenoxy) is 1. The van der Waals surface area contributed by atoms with Crippen molar-refractivity contribution < 1.29 is 19.1 Å². The van der Waals surface area contributed by atoms with Crippen molar-refractivity contribution in [1.29, 1.82) is 0 Å². The number of imide groups is 1. The Labute approximate surface area is 166 Å². The molecule has 0 spiro atoms. The van der Waals surface area contributed by atoms with Crippen molar-refractivity contribution in [3.63, 3.8) is 0 Å². The normalized spacial score (nSPS) is 12.7. The predicted octanol–water partition coefficient (Wildman–Crippen LogP) is 3.53. The average Bonchev–Trinajstić information content (AvgIpc) is 2.99. The zero-order chi connectivity index (χ0) is 20.4. The molecule has 2 heterocycles. The fraction of sp³-hybridized carbons (Fsp3) is 0.0909. The number of hydrogen-bond donors (Lipinski definition) is 1. The molecule has 7 heteroatoms. The van der Waals surface area contributed by atoms with Gasteiger partial charge in [-0.05, 0) is 49.4 Å². The minimum Gasteiger partial charge on any atom is -0.492 e. The molecule has 0 unspecified atom stereocenters. The number of nitrogens with zero attached hydrogens (tertiary/aromatic N) is 2. The molecule has 0 fully saturated rings. The van der Waals surface area contributed by atoms with E-state index in [0.29, 0.717) is 23.7 Å². The van der Waals surface area contributed by atoms with Crippen LogP contribution in [0.2, 0.25) is 0 Å². The van der Waals surface area contributed by atoms with Crippen LogP contribution in [-0.4, -0.2) is 29.3 Å². The molecule has 3 aromatic rings. The summed E-state index contributed by atoms with van der Waals surface area (Å²) in [6.07, 6.45) is 3.13. The molecular formula is C22H17N3O4. The van der Waals surface area contributed by atoms with Crippen LogP contribution in [0.3, 0.4) is 0 Å². The van der Waals surface area contributed by atoms with Gasteiger partial charge in [-0.3, -0.25) is 19.4 Å². The van der Waals surface area contributed by atoms with Crippen molar-refractivity contribution >= 4 is 29.1 Å². The summed E-state index contributed by atoms with van der Waals surface area (Å²) in [6, 6.07) is 14.6. The lowest BCUT2D eigenvalue weighted by atomic mass is 10.1. The minimum atomic E-state index is -0.490. The van der Waals surface area contributed by atoms with Crippen LogP contribution < -0.4 is 15.0 Å². The molecule has 1 aliphatic rings. The van der Waals surface area contributed by atoms with Crippen molar-refractivity contribution in [2.45, 2.75) is 6.92 Å². The van der Waals surface area contributed by atoms with Crippen LogP contribution in [0.4, 0.5) is 11.4 Å². The van der Waals surface area contributed by atoms with Crippen LogP contribution in [0.5, 0.6) is 5.75 Å². The van der Waals surface area contributed by atoms with Gasteiger partial charge in [0.25, 0.3) is 17.7 Å². The van der Waals surface area contributed by atoms with Gasteiger partial charge in [-0.1, -0.05) is 12.1 Å². The number of rotatable bonds is 5. The zero-order valence-electron chi connectivity index (χ0n) is 15.6. The van der Waals surface area contributed by atoms with Gasteiger partial charge >= 0.3 is 0 Å². The van der Waals surface area contributed by atoms with Crippen molar-refractivity contribution in [1.82, 2.24) is 4.98 Å². The molecule has 0 radical (unpaired) electrons. The number of hydrogen-bond acceptors (Lipinski definition) is 5. The van der Waals surface area contributed by atoms with Gasteiger partial charge in [-0.25, -0.2) is 4.90 Å². The second-order valence-electron chi connectivity index (χ2n) is 6.30. The van der Waals surface area contributed by atoms with E-state index in [1.165, 1.54) is 18.2 Å². The molecule has 1 N–H and O–H groups in total. The lowest BCUT2D eigenvalue weighted by molar-refractivity contribution is 0.0924. The summed E-state index contributed by atoms with van der Waals surface area (Å²) in [6.45, 7) is 2.23. The van der Waals surface area contributed by atoms with Crippen LogP contribution in [0.1, 0.15) is 38.0 Å². The average molecular weight is 387 g/mol. The molecular weight excluding hydrogens is 370 g/mol. The molecule has 7 nitrogen and oxygen atoms in total. The molecule has 1 aromatic heterocycles. The van der Waals surface area contributed by atoms with Crippen LogP contribution >= 0.6 is 0 Å². The number of aromatic nitrogens is 1. The third-order valence-electron chi connectivity index (χ3n) is 4.49. The van der Waals surface area contributed by atoms with E-state index < -0.39 is 11.8 Å². The molecule has 1 aliphatic heterocycles. The fourth-order valence-electron chi connectivity index (χ4n) is 3.16. The summed E-state index contributed by atoms with van der Waals surface area (Å²) in [5.74, 6) is -0.874. The number of para-hydroxylation sites is 2. The third kappa shape index (κ3) is 3.34. The summed E-state index contributed by atoms with van der Waals surface area (Å²) in [5, 5.41) is 2.74. The number of amides is 3. The standard InChI is InChI=1S/C22H17N3O4/c1-2-29-19-6-4-3-5-18(19)25-21(27)16-8-7-14(13-17(16)22(25)28)20(26)24-15-9-11-23-12-10-15/h3-13H,2H2,1H3,(H,23,24,26). The fourth-order valence-corrected chi connectivity index (χ4v) is 3.16. The van der Waals surface area contributed by atoms with Gasteiger partial charge in [0.2, 0.25) is 0 Å². The number of pyridine rings is 1. The first-order valence-electron chi connectivity index (χ1n) is 9.06. The van der Waals surface area contributed by atoms with Crippen LogP contribution in [0.15, 0.2) is 67.0 Å². The van der Waals surface area contributed by atoms with E-state index in [0.717, 1.165) is 4.90 Å². The Morgan fingerprint density at radius 3 is 2.48 bits per heavy atom. The lowest BCUT2D eigenvalue weighted by Crippen LogP contribution is -2.29. The van der Waals surface area contributed by atoms with E-state index in [4.69, 9.17) is 4.74 Å². The molecule has 0 atom stereocenters. The second-order valence-corrected chi connectivity index (χ2v) is 6.30. The predicted molar refractivity (Wildman–Crippen MR) is 107 cm³/mol. The molecule has 4 rings (SSSR count). The number of carbonyl (C=O) groups excluding carboxylic acids is 3. The molecule has 29 heavy (non-hydrogen) atoms. The van der Waals surface area contributed by atoms with Gasteiger partial charge in [0.15, 0.2) is 0 Å². The molecule has 0 saturated heterocycles. The van der Waals surface area contributed by atoms with E-state index >= 15 is 0 Å². The topological polar surface area (TPSA) is 88.6 Å². The van der Waals surface area contributed by atoms with Gasteiger partial charge in [-0.2, -0.15) is 0 Å². The van der Waals surface area contributed by atoms with Crippen molar-refractivity contribution in [2.75, 3.05) is 16.8 Å². The van der Waals surface area contributed by atoms with Crippen molar-refractivity contribution in [3.8, 4) is 5.75 Å². The highest BCUT2D eigenvalue weighted by Crippen LogP contribution is 2.35. The highest BCUT2D eigenvalue weighted by molar-refractivity contribution is 6.35. The maximum Gasteiger partial charge on any atom is 0.266 e. The highest BCUT2D eigenvalue weighted by Gasteiger charge is 2.38. The molecule has 3 amide bonds. The quantitative estimate of drug-likeness (QED) is 0.677. The van der Waals surface area contributed by atoms with E-state index in [1.807, 2.05) is 6.92 Å². The first kappa shape index (κ1) is 18.4. The van der Waals surface area contributed by atoms with Crippen molar-refractivity contribution in [3.05, 3.63) is 83.7 Å². The molecule has 2 aromatic carbocycles. The van der Waals surface area contributed by atoms with E-state index in [-0.39, 0.29) is 22.6 Å². The van der Waals surface area contributed by atoms with Gasteiger partial charge in [0, 0.05) is 23.6 Å². The zero-order valence-corrected chi connectivity index (χ0v) is 15.6. The number of nitrogens with one attached hydrogen (secondary N) is 1. The Kier molecular flexibility index (Phi) is 4.78. The molecule has 0 bridgehead atoms. The summed E-state index contributed by atoms with van der Waals surface area (Å²) < 4.78 is 5.56. The number of carbonyl (C=O) groups is 3. The summed E-state index contributed by atoms with van der Waals surface area (Å²) in [5.41, 5.74) is 1.68. The Hall–Kier alpha value is -4.00. The summed E-state index contributed by atoms with van der Waals surface area (Å²) in [4.78, 5) is 43.4. The lowest BCUT2D eigenvalue weighted by Gasteiger charge is -2.17. The second kappa shape index (κ2) is 7.55. The van der Waals surface area contributed by atoms with E-state index in [2.05, 4.69) is 10.3 Å². The smallest absolute Gasteiger partial charge is 0.266 e. The Balaban J connectivity index is 1.66. The SMILES string of the molecule is CCOc1ccccc1N1C(=O)c2ccc(C(=O)Nc3ccncc3)cc2C1=O. The first-order chi connectivity index (χ1) is 14.1. The van der Waals surface area contributed by atoms with Gasteiger partial charge in [0.1, 0.15) is 5.75 Å². The first-order valence-corrected chi connectivity index (χ1v) is 9.06. The van der Waals surface area contributed by atoms with Gasteiger partial charge in [-0.15, -0.1) is 0 Å².